The highest BCUT2D eigenvalue weighted by Crippen LogP contribution is 2.11. The molecule has 1 amide bonds. The Morgan fingerprint density at radius 2 is 2.38 bits per heavy atom. The lowest BCUT2D eigenvalue weighted by molar-refractivity contribution is -0.129. The predicted molar refractivity (Wildman–Crippen MR) is 59.1 cm³/mol. The van der Waals surface area contributed by atoms with E-state index in [0.29, 0.717) is 19.1 Å². The summed E-state index contributed by atoms with van der Waals surface area (Å²) in [6, 6.07) is -0.212. The van der Waals surface area contributed by atoms with Crippen molar-refractivity contribution < 1.29 is 14.3 Å². The van der Waals surface area contributed by atoms with Gasteiger partial charge in [0.25, 0.3) is 0 Å². The Morgan fingerprint density at radius 1 is 1.50 bits per heavy atom. The van der Waals surface area contributed by atoms with Crippen molar-refractivity contribution in [1.82, 2.24) is 10.6 Å². The van der Waals surface area contributed by atoms with Gasteiger partial charge < -0.3 is 20.1 Å². The van der Waals surface area contributed by atoms with Crippen molar-refractivity contribution in [3.63, 3.8) is 0 Å². The Labute approximate surface area is 95.9 Å². The monoisotopic (exact) mass is 228 g/mol. The van der Waals surface area contributed by atoms with Crippen LogP contribution in [-0.4, -0.2) is 51.0 Å². The second-order valence-corrected chi connectivity index (χ2v) is 4.48. The van der Waals surface area contributed by atoms with Crippen LogP contribution in [0.3, 0.4) is 0 Å². The SMILES string of the molecule is C[C@H]1OCCN[C@@H]1C(=O)NCC1CCOC1. The van der Waals surface area contributed by atoms with Gasteiger partial charge in [0.05, 0.1) is 19.3 Å². The van der Waals surface area contributed by atoms with E-state index in [1.807, 2.05) is 6.92 Å². The fourth-order valence-electron chi connectivity index (χ4n) is 2.13. The molecule has 2 N–H and O–H groups in total. The highest BCUT2D eigenvalue weighted by molar-refractivity contribution is 5.82. The third-order valence-corrected chi connectivity index (χ3v) is 3.19. The molecule has 0 aromatic heterocycles. The number of rotatable bonds is 3. The maximum absolute atomic E-state index is 11.9. The molecule has 0 saturated carbocycles. The zero-order chi connectivity index (χ0) is 11.4. The predicted octanol–water partition coefficient (Wildman–Crippen LogP) is -0.484. The van der Waals surface area contributed by atoms with Crippen LogP contribution < -0.4 is 10.6 Å². The van der Waals surface area contributed by atoms with Gasteiger partial charge in [-0.2, -0.15) is 0 Å². The molecule has 0 spiro atoms. The van der Waals surface area contributed by atoms with E-state index >= 15 is 0 Å². The molecule has 16 heavy (non-hydrogen) atoms. The second-order valence-electron chi connectivity index (χ2n) is 4.48. The summed E-state index contributed by atoms with van der Waals surface area (Å²) in [5, 5.41) is 6.14. The molecule has 2 saturated heterocycles. The van der Waals surface area contributed by atoms with Crippen molar-refractivity contribution in [2.75, 3.05) is 32.9 Å². The normalized spacial score (nSPS) is 34.9. The third kappa shape index (κ3) is 2.93. The zero-order valence-electron chi connectivity index (χ0n) is 9.70. The maximum Gasteiger partial charge on any atom is 0.239 e. The molecule has 1 unspecified atom stereocenters. The number of morpholine rings is 1. The summed E-state index contributed by atoms with van der Waals surface area (Å²) < 4.78 is 10.7. The molecular formula is C11H20N2O3. The topological polar surface area (TPSA) is 59.6 Å². The number of ether oxygens (including phenoxy) is 2. The molecular weight excluding hydrogens is 208 g/mol. The van der Waals surface area contributed by atoms with E-state index < -0.39 is 0 Å². The van der Waals surface area contributed by atoms with Crippen LogP contribution in [0.5, 0.6) is 0 Å². The summed E-state index contributed by atoms with van der Waals surface area (Å²) in [6.45, 7) is 5.65. The first-order chi connectivity index (χ1) is 7.77. The van der Waals surface area contributed by atoms with Gasteiger partial charge in [0.2, 0.25) is 5.91 Å². The Balaban J connectivity index is 1.73. The molecule has 0 radical (unpaired) electrons. The number of carbonyl (C=O) groups is 1. The molecule has 2 aliphatic heterocycles. The van der Waals surface area contributed by atoms with Crippen LogP contribution in [0.25, 0.3) is 0 Å². The van der Waals surface area contributed by atoms with Crippen LogP contribution in [-0.2, 0) is 14.3 Å². The van der Waals surface area contributed by atoms with Crippen molar-refractivity contribution in [2.45, 2.75) is 25.5 Å². The molecule has 2 rings (SSSR count). The second kappa shape index (κ2) is 5.61. The number of hydrogen-bond donors (Lipinski definition) is 2. The summed E-state index contributed by atoms with van der Waals surface area (Å²) in [7, 11) is 0. The van der Waals surface area contributed by atoms with Gasteiger partial charge in [0.1, 0.15) is 6.04 Å². The Bertz CT molecular complexity index is 241. The van der Waals surface area contributed by atoms with Gasteiger partial charge in [0, 0.05) is 25.6 Å². The summed E-state index contributed by atoms with van der Waals surface area (Å²) in [6.07, 6.45) is 0.998. The van der Waals surface area contributed by atoms with E-state index in [0.717, 1.165) is 26.2 Å². The summed E-state index contributed by atoms with van der Waals surface area (Å²) in [5.41, 5.74) is 0. The van der Waals surface area contributed by atoms with Gasteiger partial charge in [-0.15, -0.1) is 0 Å². The van der Waals surface area contributed by atoms with Gasteiger partial charge in [-0.25, -0.2) is 0 Å². The van der Waals surface area contributed by atoms with Crippen LogP contribution in [0.15, 0.2) is 0 Å². The largest absolute Gasteiger partial charge is 0.381 e. The molecule has 0 aliphatic carbocycles. The standard InChI is InChI=1S/C11H20N2O3/c1-8-10(12-3-5-16-8)11(14)13-6-9-2-4-15-7-9/h8-10,12H,2-7H2,1H3,(H,13,14)/t8-,9?,10+/m1/s1. The van der Waals surface area contributed by atoms with E-state index in [1.165, 1.54) is 0 Å². The first-order valence-corrected chi connectivity index (χ1v) is 5.98. The fourth-order valence-corrected chi connectivity index (χ4v) is 2.13. The minimum absolute atomic E-state index is 0.0408. The van der Waals surface area contributed by atoms with Gasteiger partial charge >= 0.3 is 0 Å². The molecule has 2 fully saturated rings. The molecule has 5 heteroatoms. The van der Waals surface area contributed by atoms with Crippen LogP contribution in [0, 0.1) is 5.92 Å². The average Bonchev–Trinajstić information content (AvgIpc) is 2.79. The molecule has 0 bridgehead atoms. The van der Waals surface area contributed by atoms with Crippen molar-refractivity contribution in [3.05, 3.63) is 0 Å². The lowest BCUT2D eigenvalue weighted by Gasteiger charge is -2.29. The Hall–Kier alpha value is -0.650. The summed E-state index contributed by atoms with van der Waals surface area (Å²) in [4.78, 5) is 11.9. The molecule has 0 aromatic carbocycles. The smallest absolute Gasteiger partial charge is 0.239 e. The number of carbonyl (C=O) groups excluding carboxylic acids is 1. The minimum Gasteiger partial charge on any atom is -0.381 e. The highest BCUT2D eigenvalue weighted by atomic mass is 16.5. The van der Waals surface area contributed by atoms with Crippen molar-refractivity contribution >= 4 is 5.91 Å². The van der Waals surface area contributed by atoms with Gasteiger partial charge in [-0.3, -0.25) is 4.79 Å². The molecule has 5 nitrogen and oxygen atoms in total. The van der Waals surface area contributed by atoms with E-state index in [9.17, 15) is 4.79 Å². The van der Waals surface area contributed by atoms with Crippen LogP contribution in [0.2, 0.25) is 0 Å². The van der Waals surface area contributed by atoms with E-state index in [2.05, 4.69) is 10.6 Å². The molecule has 2 heterocycles. The maximum atomic E-state index is 11.9. The number of hydrogen-bond acceptors (Lipinski definition) is 4. The molecule has 2 aliphatic rings. The quantitative estimate of drug-likeness (QED) is 0.685. The van der Waals surface area contributed by atoms with Crippen LogP contribution in [0.1, 0.15) is 13.3 Å². The Kier molecular flexibility index (Phi) is 4.15. The summed E-state index contributed by atoms with van der Waals surface area (Å²) in [5.74, 6) is 0.517. The fraction of sp³-hybridized carbons (Fsp3) is 0.909. The first-order valence-electron chi connectivity index (χ1n) is 5.98. The van der Waals surface area contributed by atoms with Crippen LogP contribution >= 0.6 is 0 Å². The van der Waals surface area contributed by atoms with Crippen molar-refractivity contribution in [1.29, 1.82) is 0 Å². The van der Waals surface area contributed by atoms with Crippen molar-refractivity contribution in [2.24, 2.45) is 5.92 Å². The van der Waals surface area contributed by atoms with Gasteiger partial charge in [-0.1, -0.05) is 0 Å². The van der Waals surface area contributed by atoms with Crippen molar-refractivity contribution in [3.8, 4) is 0 Å². The average molecular weight is 228 g/mol. The highest BCUT2D eigenvalue weighted by Gasteiger charge is 2.28. The lowest BCUT2D eigenvalue weighted by Crippen LogP contribution is -2.55. The minimum atomic E-state index is -0.212. The van der Waals surface area contributed by atoms with Gasteiger partial charge in [-0.05, 0) is 13.3 Å². The number of nitrogens with one attached hydrogen (secondary N) is 2. The molecule has 92 valence electrons. The zero-order valence-corrected chi connectivity index (χ0v) is 9.70. The number of amides is 1. The first kappa shape index (κ1) is 11.8. The molecule has 0 aromatic rings. The molecule has 3 atom stereocenters. The van der Waals surface area contributed by atoms with E-state index in [1.54, 1.807) is 0 Å². The van der Waals surface area contributed by atoms with Crippen LogP contribution in [0.4, 0.5) is 0 Å². The lowest BCUT2D eigenvalue weighted by atomic mass is 10.1. The third-order valence-electron chi connectivity index (χ3n) is 3.19. The van der Waals surface area contributed by atoms with Gasteiger partial charge in [0.15, 0.2) is 0 Å². The van der Waals surface area contributed by atoms with E-state index in [-0.39, 0.29) is 18.1 Å². The summed E-state index contributed by atoms with van der Waals surface area (Å²) >= 11 is 0. The Morgan fingerprint density at radius 3 is 3.06 bits per heavy atom. The van der Waals surface area contributed by atoms with E-state index in [4.69, 9.17) is 9.47 Å².